The lowest BCUT2D eigenvalue weighted by Gasteiger charge is -2.13. The first-order chi connectivity index (χ1) is 12.4. The molecule has 0 saturated carbocycles. The molecule has 0 spiro atoms. The second kappa shape index (κ2) is 8.66. The highest BCUT2D eigenvalue weighted by Crippen LogP contribution is 2.33. The van der Waals surface area contributed by atoms with Crippen LogP contribution >= 0.6 is 0 Å². The molecule has 0 bridgehead atoms. The molecule has 0 radical (unpaired) electrons. The molecule has 1 heterocycles. The molecule has 0 aliphatic heterocycles. The molecule has 0 aliphatic rings. The lowest BCUT2D eigenvalue weighted by Crippen LogP contribution is -2.28. The minimum absolute atomic E-state index is 0.0342. The predicted octanol–water partition coefficient (Wildman–Crippen LogP) is 2.71. The van der Waals surface area contributed by atoms with Crippen molar-refractivity contribution in [3.63, 3.8) is 0 Å². The van der Waals surface area contributed by atoms with Crippen LogP contribution in [0.1, 0.15) is 23.7 Å². The van der Waals surface area contributed by atoms with Gasteiger partial charge < -0.3 is 24.2 Å². The Labute approximate surface area is 152 Å². The molecule has 2 aromatic rings. The summed E-state index contributed by atoms with van der Waals surface area (Å²) in [6, 6.07) is 4.24. The van der Waals surface area contributed by atoms with Crippen LogP contribution in [0.5, 0.6) is 5.75 Å². The molecule has 1 aromatic heterocycles. The van der Waals surface area contributed by atoms with Crippen LogP contribution in [0, 0.1) is 5.82 Å². The predicted molar refractivity (Wildman–Crippen MR) is 96.2 cm³/mol. The number of carbonyl (C=O) groups excluding carboxylic acids is 1. The molecule has 2 rings (SSSR count). The summed E-state index contributed by atoms with van der Waals surface area (Å²) in [4.78, 5) is 14.4. The third-order valence-corrected chi connectivity index (χ3v) is 3.98. The van der Waals surface area contributed by atoms with Gasteiger partial charge in [-0.2, -0.15) is 0 Å². The normalized spacial score (nSPS) is 11.9. The summed E-state index contributed by atoms with van der Waals surface area (Å²) in [6.45, 7) is 2.37. The smallest absolute Gasteiger partial charge is 0.259 e. The van der Waals surface area contributed by atoms with Gasteiger partial charge in [-0.1, -0.05) is 5.16 Å². The number of hydrogen-bond donors (Lipinski definition) is 1. The third-order valence-electron chi connectivity index (χ3n) is 3.98. The number of anilines is 1. The Hall–Kier alpha value is -2.61. The highest BCUT2D eigenvalue weighted by Gasteiger charge is 2.26. The molecule has 1 N–H and O–H groups in total. The maximum absolute atomic E-state index is 13.7. The van der Waals surface area contributed by atoms with E-state index in [0.717, 1.165) is 0 Å². The van der Waals surface area contributed by atoms with Crippen LogP contribution in [-0.2, 0) is 4.74 Å². The van der Waals surface area contributed by atoms with E-state index in [1.807, 2.05) is 6.92 Å². The molecule has 7 nitrogen and oxygen atoms in total. The summed E-state index contributed by atoms with van der Waals surface area (Å²) in [5.74, 6) is -0.116. The second-order valence-corrected chi connectivity index (χ2v) is 6.04. The van der Waals surface area contributed by atoms with E-state index < -0.39 is 5.82 Å². The van der Waals surface area contributed by atoms with E-state index in [0.29, 0.717) is 24.3 Å². The van der Waals surface area contributed by atoms with Crippen LogP contribution in [0.3, 0.4) is 0 Å². The fraction of sp³-hybridized carbons (Fsp3) is 0.444. The summed E-state index contributed by atoms with van der Waals surface area (Å²) in [5.41, 5.74) is 0.785. The van der Waals surface area contributed by atoms with Gasteiger partial charge in [0.2, 0.25) is 0 Å². The minimum Gasteiger partial charge on any atom is -0.494 e. The topological polar surface area (TPSA) is 76.8 Å². The maximum atomic E-state index is 13.7. The van der Waals surface area contributed by atoms with E-state index >= 15 is 0 Å². The van der Waals surface area contributed by atoms with Gasteiger partial charge in [-0.25, -0.2) is 4.39 Å². The van der Waals surface area contributed by atoms with E-state index in [-0.39, 0.29) is 29.1 Å². The van der Waals surface area contributed by atoms with E-state index in [1.165, 1.54) is 25.3 Å². The molecule has 8 heteroatoms. The van der Waals surface area contributed by atoms with Crippen LogP contribution in [0.25, 0.3) is 11.3 Å². The molecule has 142 valence electrons. The van der Waals surface area contributed by atoms with Gasteiger partial charge in [0.25, 0.3) is 5.91 Å². The van der Waals surface area contributed by atoms with Crippen molar-refractivity contribution >= 4 is 11.7 Å². The summed E-state index contributed by atoms with van der Waals surface area (Å²) in [6.07, 6.45) is 0.705. The fourth-order valence-corrected chi connectivity index (χ4v) is 2.38. The summed E-state index contributed by atoms with van der Waals surface area (Å²) < 4.78 is 29.3. The molecule has 0 fully saturated rings. The first-order valence-corrected chi connectivity index (χ1v) is 8.20. The molecule has 0 saturated heterocycles. The van der Waals surface area contributed by atoms with E-state index in [9.17, 15) is 9.18 Å². The molecule has 1 amide bonds. The molecule has 1 unspecified atom stereocenters. The van der Waals surface area contributed by atoms with Crippen molar-refractivity contribution < 1.29 is 23.2 Å². The largest absolute Gasteiger partial charge is 0.494 e. The standard InChI is InChI=1S/C18H24FN3O4/c1-11(24-4)8-9-20-18(23)15-16(26-21-17(15)22(2)3)12-6-7-13(19)14(10-12)25-5/h6-7,10-11H,8-9H2,1-5H3,(H,20,23). The summed E-state index contributed by atoms with van der Waals surface area (Å²) in [7, 11) is 6.52. The number of methoxy groups -OCH3 is 2. The SMILES string of the molecule is COc1cc(-c2onc(N(C)C)c2C(=O)NCCC(C)OC)ccc1F. The molecule has 26 heavy (non-hydrogen) atoms. The van der Waals surface area contributed by atoms with Gasteiger partial charge in [0.05, 0.1) is 13.2 Å². The van der Waals surface area contributed by atoms with Crippen molar-refractivity contribution in [2.24, 2.45) is 0 Å². The number of aromatic nitrogens is 1. The quantitative estimate of drug-likeness (QED) is 0.775. The van der Waals surface area contributed by atoms with Crippen molar-refractivity contribution in [2.45, 2.75) is 19.4 Å². The average molecular weight is 365 g/mol. The molecular weight excluding hydrogens is 341 g/mol. The van der Waals surface area contributed by atoms with Crippen LogP contribution < -0.4 is 15.0 Å². The highest BCUT2D eigenvalue weighted by atomic mass is 19.1. The molecule has 0 aliphatic carbocycles. The zero-order valence-electron chi connectivity index (χ0n) is 15.6. The van der Waals surface area contributed by atoms with Gasteiger partial charge in [0.15, 0.2) is 23.1 Å². The summed E-state index contributed by atoms with van der Waals surface area (Å²) in [5, 5.41) is 6.83. The number of nitrogens with one attached hydrogen (secondary N) is 1. The molecular formula is C18H24FN3O4. The number of nitrogens with zero attached hydrogens (tertiary/aromatic N) is 2. The van der Waals surface area contributed by atoms with Crippen molar-refractivity contribution in [3.05, 3.63) is 29.6 Å². The van der Waals surface area contributed by atoms with Crippen LogP contribution in [0.15, 0.2) is 22.7 Å². The van der Waals surface area contributed by atoms with Crippen molar-refractivity contribution in [3.8, 4) is 17.1 Å². The first-order valence-electron chi connectivity index (χ1n) is 8.20. The number of benzene rings is 1. The monoisotopic (exact) mass is 365 g/mol. The number of ether oxygens (including phenoxy) is 2. The molecule has 1 atom stereocenters. The van der Waals surface area contributed by atoms with Crippen molar-refractivity contribution in [2.75, 3.05) is 39.8 Å². The van der Waals surface area contributed by atoms with Crippen molar-refractivity contribution in [1.29, 1.82) is 0 Å². The number of halogens is 1. The Morgan fingerprint density at radius 2 is 2.12 bits per heavy atom. The molecule has 1 aromatic carbocycles. The first kappa shape index (κ1) is 19.7. The van der Waals surface area contributed by atoms with Gasteiger partial charge >= 0.3 is 0 Å². The van der Waals surface area contributed by atoms with Crippen molar-refractivity contribution in [1.82, 2.24) is 10.5 Å². The number of amides is 1. The van der Waals surface area contributed by atoms with Gasteiger partial charge in [-0.3, -0.25) is 4.79 Å². The Bertz CT molecular complexity index is 761. The van der Waals surface area contributed by atoms with Crippen LogP contribution in [0.2, 0.25) is 0 Å². The number of carbonyl (C=O) groups is 1. The number of hydrogen-bond acceptors (Lipinski definition) is 6. The lowest BCUT2D eigenvalue weighted by atomic mass is 10.1. The Kier molecular flexibility index (Phi) is 6.57. The van der Waals surface area contributed by atoms with E-state index in [1.54, 1.807) is 26.1 Å². The maximum Gasteiger partial charge on any atom is 0.259 e. The zero-order valence-corrected chi connectivity index (χ0v) is 15.6. The Morgan fingerprint density at radius 1 is 1.38 bits per heavy atom. The minimum atomic E-state index is -0.497. The number of rotatable bonds is 8. The lowest BCUT2D eigenvalue weighted by molar-refractivity contribution is 0.0918. The average Bonchev–Trinajstić information content (AvgIpc) is 3.07. The van der Waals surface area contributed by atoms with Gasteiger partial charge in [0, 0.05) is 33.3 Å². The Morgan fingerprint density at radius 3 is 2.73 bits per heavy atom. The van der Waals surface area contributed by atoms with Gasteiger partial charge in [-0.15, -0.1) is 0 Å². The van der Waals surface area contributed by atoms with E-state index in [2.05, 4.69) is 10.5 Å². The van der Waals surface area contributed by atoms with Gasteiger partial charge in [0.1, 0.15) is 5.56 Å². The zero-order chi connectivity index (χ0) is 19.3. The van der Waals surface area contributed by atoms with E-state index in [4.69, 9.17) is 14.0 Å². The van der Waals surface area contributed by atoms with Gasteiger partial charge in [-0.05, 0) is 31.5 Å². The fourth-order valence-electron chi connectivity index (χ4n) is 2.38. The summed E-state index contributed by atoms with van der Waals surface area (Å²) >= 11 is 0. The second-order valence-electron chi connectivity index (χ2n) is 6.04. The highest BCUT2D eigenvalue weighted by molar-refractivity contribution is 6.04. The van der Waals surface area contributed by atoms with Crippen LogP contribution in [0.4, 0.5) is 10.2 Å². The van der Waals surface area contributed by atoms with Crippen LogP contribution in [-0.4, -0.2) is 52.0 Å². The Balaban J connectivity index is 2.35. The third kappa shape index (κ3) is 4.32.